The van der Waals surface area contributed by atoms with E-state index in [2.05, 4.69) is 6.07 Å². The summed E-state index contributed by atoms with van der Waals surface area (Å²) < 4.78 is 23.0. The van der Waals surface area contributed by atoms with Crippen molar-refractivity contribution in [2.45, 2.75) is 31.9 Å². The minimum absolute atomic E-state index is 0.128. The molecular formula is C9H15NO2S. The van der Waals surface area contributed by atoms with Crippen LogP contribution in [0, 0.1) is 23.2 Å². The number of rotatable bonds is 2. The van der Waals surface area contributed by atoms with E-state index >= 15 is 0 Å². The molecule has 4 heteroatoms. The van der Waals surface area contributed by atoms with E-state index in [-0.39, 0.29) is 17.6 Å². The molecule has 1 rings (SSSR count). The van der Waals surface area contributed by atoms with Crippen molar-refractivity contribution in [3.8, 4) is 6.07 Å². The third kappa shape index (κ3) is 2.02. The summed E-state index contributed by atoms with van der Waals surface area (Å²) in [5.41, 5.74) is 0. The van der Waals surface area contributed by atoms with Gasteiger partial charge in [-0.05, 0) is 18.8 Å². The zero-order valence-corrected chi connectivity index (χ0v) is 8.84. The fraction of sp³-hybridized carbons (Fsp3) is 0.889. The third-order valence-corrected chi connectivity index (χ3v) is 4.96. The molecule has 1 saturated heterocycles. The lowest BCUT2D eigenvalue weighted by molar-refractivity contribution is 0.438. The van der Waals surface area contributed by atoms with E-state index in [1.54, 1.807) is 0 Å². The molecule has 2 unspecified atom stereocenters. The first-order chi connectivity index (χ1) is 5.99. The molecule has 1 aliphatic heterocycles. The molecule has 0 saturated carbocycles. The Morgan fingerprint density at radius 1 is 1.46 bits per heavy atom. The van der Waals surface area contributed by atoms with Crippen molar-refractivity contribution in [1.29, 1.82) is 5.26 Å². The van der Waals surface area contributed by atoms with Gasteiger partial charge in [-0.3, -0.25) is 0 Å². The largest absolute Gasteiger partial charge is 0.229 e. The summed E-state index contributed by atoms with van der Waals surface area (Å²) in [5.74, 6) is 0.0677. The van der Waals surface area contributed by atoms with Gasteiger partial charge in [0, 0.05) is 0 Å². The van der Waals surface area contributed by atoms with Crippen LogP contribution in [0.5, 0.6) is 0 Å². The molecule has 1 aliphatic rings. The van der Waals surface area contributed by atoms with E-state index in [4.69, 9.17) is 5.26 Å². The highest BCUT2D eigenvalue weighted by molar-refractivity contribution is 7.92. The Kier molecular flexibility index (Phi) is 2.97. The summed E-state index contributed by atoms with van der Waals surface area (Å²) in [6.45, 7) is 3.81. The van der Waals surface area contributed by atoms with Gasteiger partial charge in [-0.1, -0.05) is 13.8 Å². The highest BCUT2D eigenvalue weighted by Gasteiger charge is 2.38. The molecule has 0 radical (unpaired) electrons. The predicted molar refractivity (Wildman–Crippen MR) is 50.7 cm³/mol. The maximum Gasteiger partial charge on any atom is 0.154 e. The summed E-state index contributed by atoms with van der Waals surface area (Å²) in [6.07, 6.45) is 1.39. The Hall–Kier alpha value is -0.560. The van der Waals surface area contributed by atoms with Gasteiger partial charge in [-0.15, -0.1) is 0 Å². The zero-order chi connectivity index (χ0) is 10.1. The second-order valence-electron chi connectivity index (χ2n) is 3.95. The third-order valence-electron chi connectivity index (χ3n) is 2.65. The molecule has 3 nitrogen and oxygen atoms in total. The van der Waals surface area contributed by atoms with Gasteiger partial charge in [-0.2, -0.15) is 5.26 Å². The summed E-state index contributed by atoms with van der Waals surface area (Å²) in [4.78, 5) is 0. The topological polar surface area (TPSA) is 57.9 Å². The predicted octanol–water partition coefficient (Wildman–Crippen LogP) is 1.36. The molecule has 0 aromatic heterocycles. The van der Waals surface area contributed by atoms with Gasteiger partial charge < -0.3 is 0 Å². The highest BCUT2D eigenvalue weighted by Crippen LogP contribution is 2.30. The van der Waals surface area contributed by atoms with Crippen LogP contribution in [0.1, 0.15) is 26.7 Å². The van der Waals surface area contributed by atoms with Crippen molar-refractivity contribution in [1.82, 2.24) is 0 Å². The van der Waals surface area contributed by atoms with Gasteiger partial charge in [0.2, 0.25) is 0 Å². The molecule has 0 spiro atoms. The van der Waals surface area contributed by atoms with Gasteiger partial charge in [-0.25, -0.2) is 8.42 Å². The van der Waals surface area contributed by atoms with Crippen molar-refractivity contribution in [3.05, 3.63) is 0 Å². The number of hydrogen-bond acceptors (Lipinski definition) is 3. The lowest BCUT2D eigenvalue weighted by Crippen LogP contribution is -2.28. The lowest BCUT2D eigenvalue weighted by Gasteiger charge is -2.18. The van der Waals surface area contributed by atoms with Gasteiger partial charge in [0.15, 0.2) is 9.84 Å². The SMILES string of the molecule is CC(C)C(C#N)C1CCCS1(=O)=O. The summed E-state index contributed by atoms with van der Waals surface area (Å²) in [6, 6.07) is 2.12. The quantitative estimate of drug-likeness (QED) is 0.677. The Labute approximate surface area is 79.7 Å². The van der Waals surface area contributed by atoms with E-state index in [1.807, 2.05) is 13.8 Å². The maximum atomic E-state index is 11.5. The summed E-state index contributed by atoms with van der Waals surface area (Å²) in [7, 11) is -2.97. The maximum absolute atomic E-state index is 11.5. The van der Waals surface area contributed by atoms with Crippen LogP contribution in [0.2, 0.25) is 0 Å². The Morgan fingerprint density at radius 3 is 2.38 bits per heavy atom. The van der Waals surface area contributed by atoms with Crippen LogP contribution >= 0.6 is 0 Å². The standard InChI is InChI=1S/C9H15NO2S/c1-7(2)8(6-10)9-4-3-5-13(9,11)12/h7-9H,3-5H2,1-2H3. The van der Waals surface area contributed by atoms with Crippen molar-refractivity contribution in [3.63, 3.8) is 0 Å². The average molecular weight is 201 g/mol. The van der Waals surface area contributed by atoms with Crippen LogP contribution in [-0.4, -0.2) is 19.4 Å². The molecule has 0 aromatic rings. The van der Waals surface area contributed by atoms with Gasteiger partial charge in [0.25, 0.3) is 0 Å². The second kappa shape index (κ2) is 3.67. The van der Waals surface area contributed by atoms with Gasteiger partial charge in [0.1, 0.15) is 0 Å². The fourth-order valence-electron chi connectivity index (χ4n) is 1.88. The van der Waals surface area contributed by atoms with Crippen LogP contribution in [0.3, 0.4) is 0 Å². The Bertz CT molecular complexity index is 313. The molecule has 2 atom stereocenters. The highest BCUT2D eigenvalue weighted by atomic mass is 32.2. The Balaban J connectivity index is 2.89. The van der Waals surface area contributed by atoms with Crippen LogP contribution in [0.25, 0.3) is 0 Å². The summed E-state index contributed by atoms with van der Waals surface area (Å²) in [5, 5.41) is 8.47. The van der Waals surface area contributed by atoms with Gasteiger partial charge >= 0.3 is 0 Å². The average Bonchev–Trinajstić information content (AvgIpc) is 2.32. The molecule has 0 N–H and O–H groups in total. The van der Waals surface area contributed by atoms with Crippen LogP contribution < -0.4 is 0 Å². The van der Waals surface area contributed by atoms with Crippen molar-refractivity contribution >= 4 is 9.84 Å². The Morgan fingerprint density at radius 2 is 2.08 bits per heavy atom. The molecule has 13 heavy (non-hydrogen) atoms. The number of nitriles is 1. The lowest BCUT2D eigenvalue weighted by atomic mass is 9.92. The van der Waals surface area contributed by atoms with E-state index in [9.17, 15) is 8.42 Å². The van der Waals surface area contributed by atoms with Crippen molar-refractivity contribution in [2.75, 3.05) is 5.75 Å². The minimum atomic E-state index is -2.97. The van der Waals surface area contributed by atoms with E-state index in [0.717, 1.165) is 6.42 Å². The zero-order valence-electron chi connectivity index (χ0n) is 8.03. The minimum Gasteiger partial charge on any atom is -0.229 e. The van der Waals surface area contributed by atoms with Crippen molar-refractivity contribution in [2.24, 2.45) is 11.8 Å². The fourth-order valence-corrected chi connectivity index (χ4v) is 4.10. The molecular weight excluding hydrogens is 186 g/mol. The van der Waals surface area contributed by atoms with E-state index < -0.39 is 15.1 Å². The number of sulfone groups is 1. The van der Waals surface area contributed by atoms with E-state index in [0.29, 0.717) is 6.42 Å². The molecule has 74 valence electrons. The second-order valence-corrected chi connectivity index (χ2v) is 6.29. The summed E-state index contributed by atoms with van der Waals surface area (Å²) >= 11 is 0. The molecule has 1 heterocycles. The first-order valence-electron chi connectivity index (χ1n) is 4.60. The van der Waals surface area contributed by atoms with Crippen molar-refractivity contribution < 1.29 is 8.42 Å². The first kappa shape index (κ1) is 10.5. The van der Waals surface area contributed by atoms with E-state index in [1.165, 1.54) is 0 Å². The molecule has 0 aliphatic carbocycles. The molecule has 0 aromatic carbocycles. The monoisotopic (exact) mass is 201 g/mol. The van der Waals surface area contributed by atoms with Crippen LogP contribution in [0.4, 0.5) is 0 Å². The number of hydrogen-bond donors (Lipinski definition) is 0. The molecule has 0 bridgehead atoms. The first-order valence-corrected chi connectivity index (χ1v) is 6.32. The molecule has 0 amide bonds. The van der Waals surface area contributed by atoms with Gasteiger partial charge in [0.05, 0.1) is 23.0 Å². The normalized spacial score (nSPS) is 28.6. The van der Waals surface area contributed by atoms with Crippen LogP contribution in [-0.2, 0) is 9.84 Å². The van der Waals surface area contributed by atoms with Crippen LogP contribution in [0.15, 0.2) is 0 Å². The smallest absolute Gasteiger partial charge is 0.154 e. The molecule has 1 fully saturated rings. The number of nitrogens with zero attached hydrogens (tertiary/aromatic N) is 1.